The number of nitrogens with two attached hydrogens (primary N) is 2. The summed E-state index contributed by atoms with van der Waals surface area (Å²) in [4.78, 5) is 0. The van der Waals surface area contributed by atoms with Gasteiger partial charge >= 0.3 is 0 Å². The number of nitrogen functional groups attached to an aromatic ring is 1. The highest BCUT2D eigenvalue weighted by Gasteiger charge is 2.03. The monoisotopic (exact) mass is 152 g/mol. The molecule has 0 heterocycles. The van der Waals surface area contributed by atoms with Crippen molar-refractivity contribution in [2.24, 2.45) is 5.73 Å². The van der Waals surface area contributed by atoms with E-state index >= 15 is 0 Å². The summed E-state index contributed by atoms with van der Waals surface area (Å²) < 4.78 is 0. The smallest absolute Gasteiger partial charge is 0.116 e. The molecule has 0 aliphatic heterocycles. The van der Waals surface area contributed by atoms with Gasteiger partial charge in [-0.25, -0.2) is 0 Å². The Morgan fingerprint density at radius 2 is 2.09 bits per heavy atom. The summed E-state index contributed by atoms with van der Waals surface area (Å²) in [5.41, 5.74) is 12.6. The van der Waals surface area contributed by atoms with E-state index in [1.807, 2.05) is 6.92 Å². The minimum absolute atomic E-state index is 0.137. The number of anilines is 1. The fourth-order valence-electron chi connectivity index (χ4n) is 0.956. The molecule has 1 rings (SSSR count). The van der Waals surface area contributed by atoms with Gasteiger partial charge in [0.2, 0.25) is 0 Å². The second-order valence-electron chi connectivity index (χ2n) is 2.60. The van der Waals surface area contributed by atoms with Crippen LogP contribution in [0.3, 0.4) is 0 Å². The van der Waals surface area contributed by atoms with Crippen LogP contribution in [0.4, 0.5) is 5.69 Å². The molecule has 1 aromatic carbocycles. The van der Waals surface area contributed by atoms with Gasteiger partial charge in [0.05, 0.1) is 0 Å². The molecule has 3 nitrogen and oxygen atoms in total. The molecule has 0 saturated carbocycles. The molecule has 0 aromatic heterocycles. The van der Waals surface area contributed by atoms with Crippen molar-refractivity contribution in [3.05, 3.63) is 23.8 Å². The summed E-state index contributed by atoms with van der Waals surface area (Å²) in [5, 5.41) is 9.08. The first-order valence-electron chi connectivity index (χ1n) is 3.45. The lowest BCUT2D eigenvalue weighted by Crippen LogP contribution is -2.07. The van der Waals surface area contributed by atoms with Gasteiger partial charge in [-0.1, -0.05) is 0 Å². The lowest BCUT2D eigenvalue weighted by molar-refractivity contribution is 0.474. The van der Waals surface area contributed by atoms with Crippen LogP contribution in [-0.2, 0) is 0 Å². The molecule has 60 valence electrons. The van der Waals surface area contributed by atoms with Gasteiger partial charge in [-0.2, -0.15) is 0 Å². The molecule has 1 atom stereocenters. The third-order valence-electron chi connectivity index (χ3n) is 1.56. The first-order chi connectivity index (χ1) is 5.11. The Balaban J connectivity index is 3.13. The molecule has 0 aliphatic carbocycles. The van der Waals surface area contributed by atoms with E-state index in [9.17, 15) is 0 Å². The summed E-state index contributed by atoms with van der Waals surface area (Å²) in [7, 11) is 0. The summed E-state index contributed by atoms with van der Waals surface area (Å²) in [6.07, 6.45) is 0. The van der Waals surface area contributed by atoms with Gasteiger partial charge in [0.15, 0.2) is 0 Å². The SMILES string of the molecule is CC(N)c1cc(O)ccc1N. The van der Waals surface area contributed by atoms with Crippen LogP contribution < -0.4 is 11.5 Å². The molecule has 0 spiro atoms. The highest BCUT2D eigenvalue weighted by atomic mass is 16.3. The van der Waals surface area contributed by atoms with Crippen LogP contribution in [0.1, 0.15) is 18.5 Å². The Bertz CT molecular complexity index is 258. The normalized spacial score (nSPS) is 12.9. The maximum atomic E-state index is 9.08. The fourth-order valence-corrected chi connectivity index (χ4v) is 0.956. The molecule has 5 N–H and O–H groups in total. The summed E-state index contributed by atoms with van der Waals surface area (Å²) in [6, 6.07) is 4.64. The van der Waals surface area contributed by atoms with Crippen LogP contribution in [0.2, 0.25) is 0 Å². The number of aromatic hydroxyl groups is 1. The van der Waals surface area contributed by atoms with Crippen molar-refractivity contribution >= 4 is 5.69 Å². The van der Waals surface area contributed by atoms with Crippen LogP contribution in [0.5, 0.6) is 5.75 Å². The second-order valence-corrected chi connectivity index (χ2v) is 2.60. The zero-order chi connectivity index (χ0) is 8.43. The Labute approximate surface area is 65.6 Å². The summed E-state index contributed by atoms with van der Waals surface area (Å²) in [5.74, 6) is 0.200. The molecule has 1 aromatic rings. The van der Waals surface area contributed by atoms with E-state index in [1.165, 1.54) is 0 Å². The highest BCUT2D eigenvalue weighted by Crippen LogP contribution is 2.22. The summed E-state index contributed by atoms with van der Waals surface area (Å²) >= 11 is 0. The number of rotatable bonds is 1. The van der Waals surface area contributed by atoms with E-state index in [0.717, 1.165) is 5.56 Å². The minimum Gasteiger partial charge on any atom is -0.508 e. The van der Waals surface area contributed by atoms with Gasteiger partial charge in [0, 0.05) is 11.7 Å². The van der Waals surface area contributed by atoms with Gasteiger partial charge in [-0.05, 0) is 30.7 Å². The second kappa shape index (κ2) is 2.80. The van der Waals surface area contributed by atoms with Crippen molar-refractivity contribution in [3.63, 3.8) is 0 Å². The predicted octanol–water partition coefficient (Wildman–Crippen LogP) is 0.994. The van der Waals surface area contributed by atoms with Crippen LogP contribution in [-0.4, -0.2) is 5.11 Å². The Kier molecular flexibility index (Phi) is 2.01. The third kappa shape index (κ3) is 1.62. The predicted molar refractivity (Wildman–Crippen MR) is 45.1 cm³/mol. The van der Waals surface area contributed by atoms with Gasteiger partial charge in [0.1, 0.15) is 5.75 Å². The largest absolute Gasteiger partial charge is 0.508 e. The van der Waals surface area contributed by atoms with Crippen molar-refractivity contribution in [3.8, 4) is 5.75 Å². The molecule has 0 bridgehead atoms. The standard InChI is InChI=1S/C8H12N2O/c1-5(9)7-4-6(11)2-3-8(7)10/h2-5,11H,9-10H2,1H3. The number of phenolic OH excluding ortho intramolecular Hbond substituents is 1. The molecule has 0 aliphatic rings. The lowest BCUT2D eigenvalue weighted by Gasteiger charge is -2.08. The van der Waals surface area contributed by atoms with E-state index < -0.39 is 0 Å². The molecular weight excluding hydrogens is 140 g/mol. The lowest BCUT2D eigenvalue weighted by atomic mass is 10.1. The maximum Gasteiger partial charge on any atom is 0.116 e. The molecular formula is C8H12N2O. The minimum atomic E-state index is -0.137. The van der Waals surface area contributed by atoms with Gasteiger partial charge < -0.3 is 16.6 Å². The Morgan fingerprint density at radius 3 is 2.55 bits per heavy atom. The molecule has 1 unspecified atom stereocenters. The quantitative estimate of drug-likeness (QED) is 0.415. The molecule has 0 amide bonds. The fraction of sp³-hybridized carbons (Fsp3) is 0.250. The molecule has 0 fully saturated rings. The molecule has 0 radical (unpaired) electrons. The Morgan fingerprint density at radius 1 is 1.45 bits per heavy atom. The number of hydrogen-bond donors (Lipinski definition) is 3. The first kappa shape index (κ1) is 7.88. The van der Waals surface area contributed by atoms with Crippen LogP contribution >= 0.6 is 0 Å². The maximum absolute atomic E-state index is 9.08. The van der Waals surface area contributed by atoms with E-state index in [4.69, 9.17) is 16.6 Å². The van der Waals surface area contributed by atoms with Crippen LogP contribution in [0.25, 0.3) is 0 Å². The van der Waals surface area contributed by atoms with E-state index in [0.29, 0.717) is 5.69 Å². The van der Waals surface area contributed by atoms with Gasteiger partial charge in [-0.3, -0.25) is 0 Å². The number of phenols is 1. The number of benzene rings is 1. The summed E-state index contributed by atoms with van der Waals surface area (Å²) in [6.45, 7) is 1.82. The molecule has 0 saturated heterocycles. The van der Waals surface area contributed by atoms with Crippen LogP contribution in [0, 0.1) is 0 Å². The van der Waals surface area contributed by atoms with Crippen molar-refractivity contribution in [1.82, 2.24) is 0 Å². The van der Waals surface area contributed by atoms with E-state index in [2.05, 4.69) is 0 Å². The van der Waals surface area contributed by atoms with Gasteiger partial charge in [-0.15, -0.1) is 0 Å². The highest BCUT2D eigenvalue weighted by molar-refractivity contribution is 5.51. The zero-order valence-corrected chi connectivity index (χ0v) is 6.41. The molecule has 11 heavy (non-hydrogen) atoms. The van der Waals surface area contributed by atoms with Crippen molar-refractivity contribution in [1.29, 1.82) is 0 Å². The van der Waals surface area contributed by atoms with Crippen molar-refractivity contribution in [2.45, 2.75) is 13.0 Å². The average molecular weight is 152 g/mol. The third-order valence-corrected chi connectivity index (χ3v) is 1.56. The van der Waals surface area contributed by atoms with Gasteiger partial charge in [0.25, 0.3) is 0 Å². The van der Waals surface area contributed by atoms with E-state index in [-0.39, 0.29) is 11.8 Å². The Hall–Kier alpha value is -1.22. The first-order valence-corrected chi connectivity index (χ1v) is 3.45. The number of hydrogen-bond acceptors (Lipinski definition) is 3. The molecule has 3 heteroatoms. The van der Waals surface area contributed by atoms with E-state index in [1.54, 1.807) is 18.2 Å². The zero-order valence-electron chi connectivity index (χ0n) is 6.41. The average Bonchev–Trinajstić information content (AvgIpc) is 1.94. The topological polar surface area (TPSA) is 72.3 Å². The van der Waals surface area contributed by atoms with Crippen molar-refractivity contribution < 1.29 is 5.11 Å². The van der Waals surface area contributed by atoms with Crippen molar-refractivity contribution in [2.75, 3.05) is 5.73 Å². The van der Waals surface area contributed by atoms with Crippen LogP contribution in [0.15, 0.2) is 18.2 Å².